The molecule has 112 valence electrons. The monoisotopic (exact) mass is 307 g/mol. The molecule has 2 aromatic rings. The summed E-state index contributed by atoms with van der Waals surface area (Å²) in [6, 6.07) is 5.46. The van der Waals surface area contributed by atoms with Crippen LogP contribution < -0.4 is 15.4 Å². The summed E-state index contributed by atoms with van der Waals surface area (Å²) in [6.45, 7) is 3.37. The number of nitrogens with two attached hydrogens (primary N) is 1. The Labute approximate surface area is 123 Å². The fourth-order valence-electron chi connectivity index (χ4n) is 2.50. The first kappa shape index (κ1) is 14.2. The summed E-state index contributed by atoms with van der Waals surface area (Å²) < 4.78 is 22.6. The Morgan fingerprint density at radius 1 is 1.33 bits per heavy atom. The molecule has 1 aliphatic rings. The van der Waals surface area contributed by atoms with Gasteiger partial charge in [0, 0.05) is 37.8 Å². The Hall–Kier alpha value is -1.77. The predicted molar refractivity (Wildman–Crippen MR) is 81.4 cm³/mol. The van der Waals surface area contributed by atoms with E-state index in [0.29, 0.717) is 5.69 Å². The maximum absolute atomic E-state index is 11.3. The molecule has 0 aromatic carbocycles. The second-order valence-corrected chi connectivity index (χ2v) is 6.67. The lowest BCUT2D eigenvalue weighted by Crippen LogP contribution is -2.44. The molecule has 0 atom stereocenters. The third-order valence-corrected chi connectivity index (χ3v) is 4.09. The molecule has 0 radical (unpaired) electrons. The van der Waals surface area contributed by atoms with Gasteiger partial charge in [-0.15, -0.1) is 0 Å². The van der Waals surface area contributed by atoms with Gasteiger partial charge < -0.3 is 10.2 Å². The lowest BCUT2D eigenvalue weighted by Gasteiger charge is -2.29. The summed E-state index contributed by atoms with van der Waals surface area (Å²) in [6.07, 6.45) is 1.72. The molecule has 1 saturated heterocycles. The average Bonchev–Trinajstić information content (AvgIpc) is 2.45. The summed E-state index contributed by atoms with van der Waals surface area (Å²) in [4.78, 5) is 11.0. The molecular formula is C13H17N5O2S. The number of pyridine rings is 2. The molecule has 0 unspecified atom stereocenters. The van der Waals surface area contributed by atoms with Crippen LogP contribution in [0.15, 0.2) is 24.4 Å². The number of primary sulfonamides is 1. The maximum atomic E-state index is 11.3. The van der Waals surface area contributed by atoms with Gasteiger partial charge in [-0.3, -0.25) is 4.98 Å². The van der Waals surface area contributed by atoms with Gasteiger partial charge >= 0.3 is 0 Å². The molecule has 8 heteroatoms. The number of hydrogen-bond acceptors (Lipinski definition) is 6. The van der Waals surface area contributed by atoms with Gasteiger partial charge in [-0.25, -0.2) is 18.5 Å². The molecule has 3 heterocycles. The van der Waals surface area contributed by atoms with Crippen molar-refractivity contribution in [3.8, 4) is 0 Å². The fourth-order valence-corrected chi connectivity index (χ4v) is 3.06. The minimum atomic E-state index is -3.61. The third kappa shape index (κ3) is 3.29. The van der Waals surface area contributed by atoms with E-state index in [-0.39, 0.29) is 5.75 Å². The minimum Gasteiger partial charge on any atom is -0.352 e. The molecule has 0 aliphatic carbocycles. The van der Waals surface area contributed by atoms with Crippen molar-refractivity contribution in [1.29, 1.82) is 0 Å². The molecule has 21 heavy (non-hydrogen) atoms. The molecule has 2 aromatic heterocycles. The van der Waals surface area contributed by atoms with E-state index in [9.17, 15) is 8.42 Å². The van der Waals surface area contributed by atoms with Crippen molar-refractivity contribution in [2.45, 2.75) is 5.75 Å². The largest absolute Gasteiger partial charge is 0.352 e. The van der Waals surface area contributed by atoms with Crippen LogP contribution in [0.5, 0.6) is 0 Å². The first-order valence-corrected chi connectivity index (χ1v) is 8.45. The van der Waals surface area contributed by atoms with E-state index in [4.69, 9.17) is 5.14 Å². The van der Waals surface area contributed by atoms with Crippen molar-refractivity contribution < 1.29 is 8.42 Å². The lowest BCUT2D eigenvalue weighted by molar-refractivity contribution is 0.584. The molecule has 0 spiro atoms. The summed E-state index contributed by atoms with van der Waals surface area (Å²) in [5.74, 6) is 0.463. The van der Waals surface area contributed by atoms with E-state index in [1.54, 1.807) is 12.3 Å². The smallest absolute Gasteiger partial charge is 0.214 e. The van der Waals surface area contributed by atoms with Crippen LogP contribution in [-0.4, -0.2) is 44.6 Å². The summed E-state index contributed by atoms with van der Waals surface area (Å²) >= 11 is 0. The highest BCUT2D eigenvalue weighted by Gasteiger charge is 2.18. The van der Waals surface area contributed by atoms with Gasteiger partial charge in [0.15, 0.2) is 5.82 Å². The minimum absolute atomic E-state index is 0.267. The maximum Gasteiger partial charge on any atom is 0.214 e. The highest BCUT2D eigenvalue weighted by molar-refractivity contribution is 7.88. The van der Waals surface area contributed by atoms with Gasteiger partial charge in [0.05, 0.1) is 5.69 Å². The number of fused-ring (bicyclic) bond motifs is 1. The predicted octanol–water partition coefficient (Wildman–Crippen LogP) is -0.172. The number of nitrogens with zero attached hydrogens (tertiary/aromatic N) is 3. The fraction of sp³-hybridized carbons (Fsp3) is 0.385. The molecule has 0 saturated carbocycles. The first-order valence-electron chi connectivity index (χ1n) is 6.74. The Morgan fingerprint density at radius 2 is 2.10 bits per heavy atom. The molecule has 3 N–H and O–H groups in total. The number of nitrogens with one attached hydrogen (secondary N) is 1. The van der Waals surface area contributed by atoms with Crippen LogP contribution >= 0.6 is 0 Å². The third-order valence-electron chi connectivity index (χ3n) is 3.39. The van der Waals surface area contributed by atoms with Crippen molar-refractivity contribution in [2.24, 2.45) is 5.14 Å². The van der Waals surface area contributed by atoms with E-state index in [2.05, 4.69) is 20.2 Å². The van der Waals surface area contributed by atoms with Crippen LogP contribution in [0, 0.1) is 0 Å². The Bertz CT molecular complexity index is 756. The summed E-state index contributed by atoms with van der Waals surface area (Å²) in [5, 5.41) is 9.29. The van der Waals surface area contributed by atoms with Gasteiger partial charge in [-0.1, -0.05) is 6.07 Å². The number of piperazine rings is 1. The topological polar surface area (TPSA) is 101 Å². The van der Waals surface area contributed by atoms with Crippen molar-refractivity contribution in [2.75, 3.05) is 31.1 Å². The van der Waals surface area contributed by atoms with Crippen molar-refractivity contribution in [1.82, 2.24) is 15.3 Å². The average molecular weight is 307 g/mol. The normalized spacial score (nSPS) is 16.3. The number of aromatic nitrogens is 2. The van der Waals surface area contributed by atoms with Crippen molar-refractivity contribution in [3.05, 3.63) is 30.1 Å². The van der Waals surface area contributed by atoms with E-state index < -0.39 is 10.0 Å². The van der Waals surface area contributed by atoms with Crippen LogP contribution in [-0.2, 0) is 15.8 Å². The number of sulfonamides is 1. The van der Waals surface area contributed by atoms with Crippen LogP contribution in [0.25, 0.3) is 10.9 Å². The molecule has 1 aliphatic heterocycles. The van der Waals surface area contributed by atoms with Gasteiger partial charge in [0.1, 0.15) is 11.3 Å². The van der Waals surface area contributed by atoms with Crippen LogP contribution in [0.3, 0.4) is 0 Å². The molecule has 1 fully saturated rings. The molecule has 3 rings (SSSR count). The van der Waals surface area contributed by atoms with Crippen molar-refractivity contribution >= 4 is 26.7 Å². The Balaban J connectivity index is 2.10. The van der Waals surface area contributed by atoms with Crippen molar-refractivity contribution in [3.63, 3.8) is 0 Å². The zero-order chi connectivity index (χ0) is 14.9. The highest BCUT2D eigenvalue weighted by Crippen LogP contribution is 2.24. The SMILES string of the molecule is NS(=O)(=O)Cc1cc2cccnc2c(N2CCNCC2)n1. The second kappa shape index (κ2) is 5.55. The quantitative estimate of drug-likeness (QED) is 0.816. The Morgan fingerprint density at radius 3 is 2.81 bits per heavy atom. The number of hydrogen-bond donors (Lipinski definition) is 2. The van der Waals surface area contributed by atoms with Gasteiger partial charge in [-0.05, 0) is 12.1 Å². The van der Waals surface area contributed by atoms with Crippen LogP contribution in [0.4, 0.5) is 5.82 Å². The Kier molecular flexibility index (Phi) is 3.75. The van der Waals surface area contributed by atoms with Gasteiger partial charge in [-0.2, -0.15) is 0 Å². The highest BCUT2D eigenvalue weighted by atomic mass is 32.2. The zero-order valence-corrected chi connectivity index (χ0v) is 12.3. The molecule has 0 amide bonds. The molecule has 7 nitrogen and oxygen atoms in total. The van der Waals surface area contributed by atoms with Crippen LogP contribution in [0.1, 0.15) is 5.69 Å². The second-order valence-electron chi connectivity index (χ2n) is 5.06. The van der Waals surface area contributed by atoms with Gasteiger partial charge in [0.25, 0.3) is 0 Å². The molecule has 0 bridgehead atoms. The summed E-state index contributed by atoms with van der Waals surface area (Å²) in [7, 11) is -3.61. The van der Waals surface area contributed by atoms with E-state index in [0.717, 1.165) is 42.9 Å². The van der Waals surface area contributed by atoms with E-state index in [1.165, 1.54) is 0 Å². The standard InChI is InChI=1S/C13H17N5O2S/c14-21(19,20)9-11-8-10-2-1-3-16-12(10)13(17-11)18-6-4-15-5-7-18/h1-3,8,15H,4-7,9H2,(H2,14,19,20). The summed E-state index contributed by atoms with van der Waals surface area (Å²) in [5.41, 5.74) is 1.24. The number of anilines is 1. The first-order chi connectivity index (χ1) is 10.0. The lowest BCUT2D eigenvalue weighted by atomic mass is 10.2. The van der Waals surface area contributed by atoms with Crippen LogP contribution in [0.2, 0.25) is 0 Å². The van der Waals surface area contributed by atoms with E-state index in [1.807, 2.05) is 12.1 Å². The van der Waals surface area contributed by atoms with Gasteiger partial charge in [0.2, 0.25) is 10.0 Å². The number of rotatable bonds is 3. The molecular weight excluding hydrogens is 290 g/mol. The zero-order valence-electron chi connectivity index (χ0n) is 11.5. The van der Waals surface area contributed by atoms with E-state index >= 15 is 0 Å².